The highest BCUT2D eigenvalue weighted by molar-refractivity contribution is 5.94. The number of rotatable bonds is 5. The summed E-state index contributed by atoms with van der Waals surface area (Å²) in [6.07, 6.45) is 1.64. The zero-order valence-corrected chi connectivity index (χ0v) is 16.6. The zero-order valence-electron chi connectivity index (χ0n) is 16.6. The van der Waals surface area contributed by atoms with Crippen LogP contribution >= 0.6 is 0 Å². The van der Waals surface area contributed by atoms with Gasteiger partial charge in [-0.25, -0.2) is 9.37 Å². The number of benzene rings is 2. The Morgan fingerprint density at radius 1 is 1.03 bits per heavy atom. The van der Waals surface area contributed by atoms with Gasteiger partial charge < -0.3 is 19.9 Å². The molecule has 1 amide bonds. The first kappa shape index (κ1) is 19.6. The minimum atomic E-state index is -0.344. The first-order valence-electron chi connectivity index (χ1n) is 9.67. The average Bonchev–Trinajstić information content (AvgIpc) is 2.80. The molecule has 8 heteroatoms. The van der Waals surface area contributed by atoms with Gasteiger partial charge >= 0.3 is 0 Å². The summed E-state index contributed by atoms with van der Waals surface area (Å²) in [5.41, 5.74) is 0.994. The van der Waals surface area contributed by atoms with Gasteiger partial charge in [0.1, 0.15) is 17.4 Å². The third kappa shape index (κ3) is 4.32. The van der Waals surface area contributed by atoms with Crippen molar-refractivity contribution < 1.29 is 13.9 Å². The maximum absolute atomic E-state index is 13.9. The van der Waals surface area contributed by atoms with Crippen molar-refractivity contribution in [3.63, 3.8) is 0 Å². The van der Waals surface area contributed by atoms with Crippen LogP contribution in [0.15, 0.2) is 60.8 Å². The van der Waals surface area contributed by atoms with Gasteiger partial charge in [0.15, 0.2) is 0 Å². The smallest absolute Gasteiger partial charge is 0.253 e. The van der Waals surface area contributed by atoms with Gasteiger partial charge in [-0.15, -0.1) is 0 Å². The van der Waals surface area contributed by atoms with E-state index in [1.807, 2.05) is 9.80 Å². The number of ether oxygens (including phenoxy) is 1. The van der Waals surface area contributed by atoms with Gasteiger partial charge in [0.25, 0.3) is 5.91 Å². The van der Waals surface area contributed by atoms with E-state index in [1.54, 1.807) is 61.8 Å². The topological polar surface area (TPSA) is 70.6 Å². The Morgan fingerprint density at radius 2 is 1.77 bits per heavy atom. The Bertz CT molecular complexity index is 1020. The standard InChI is InChI=1S/C22H22FN5O2/c1-30-17-8-6-16(7-9-17)21(29)27-12-14-28(15-13-27)22-24-11-10-20(26-22)25-19-5-3-2-4-18(19)23/h2-11H,12-15H2,1H3,(H,24,25,26). The third-order valence-corrected chi connectivity index (χ3v) is 4.97. The summed E-state index contributed by atoms with van der Waals surface area (Å²) in [6.45, 7) is 2.37. The second-order valence-electron chi connectivity index (χ2n) is 6.85. The normalized spacial score (nSPS) is 13.8. The second kappa shape index (κ2) is 8.77. The summed E-state index contributed by atoms with van der Waals surface area (Å²) in [4.78, 5) is 25.4. The van der Waals surface area contributed by atoms with Crippen molar-refractivity contribution in [2.24, 2.45) is 0 Å². The molecule has 1 fully saturated rings. The Morgan fingerprint density at radius 3 is 2.47 bits per heavy atom. The van der Waals surface area contributed by atoms with E-state index in [1.165, 1.54) is 6.07 Å². The molecule has 2 heterocycles. The van der Waals surface area contributed by atoms with E-state index in [9.17, 15) is 9.18 Å². The van der Waals surface area contributed by atoms with Crippen LogP contribution < -0.4 is 15.0 Å². The monoisotopic (exact) mass is 407 g/mol. The number of halogens is 1. The molecular formula is C22H22FN5O2. The van der Waals surface area contributed by atoms with Crippen molar-refractivity contribution in [2.45, 2.75) is 0 Å². The number of piperazine rings is 1. The highest BCUT2D eigenvalue weighted by Crippen LogP contribution is 2.20. The van der Waals surface area contributed by atoms with Gasteiger partial charge in [0.05, 0.1) is 12.8 Å². The molecule has 1 aliphatic rings. The van der Waals surface area contributed by atoms with Gasteiger partial charge in [0.2, 0.25) is 5.95 Å². The molecule has 1 N–H and O–H groups in total. The molecular weight excluding hydrogens is 385 g/mol. The number of anilines is 3. The molecule has 0 spiro atoms. The molecule has 30 heavy (non-hydrogen) atoms. The lowest BCUT2D eigenvalue weighted by Gasteiger charge is -2.34. The Balaban J connectivity index is 1.39. The van der Waals surface area contributed by atoms with Crippen LogP contribution in [0.25, 0.3) is 0 Å². The first-order valence-corrected chi connectivity index (χ1v) is 9.67. The van der Waals surface area contributed by atoms with Crippen LogP contribution in [-0.4, -0.2) is 54.1 Å². The number of carbonyl (C=O) groups is 1. The lowest BCUT2D eigenvalue weighted by molar-refractivity contribution is 0.0746. The van der Waals surface area contributed by atoms with Gasteiger partial charge in [-0.2, -0.15) is 4.98 Å². The van der Waals surface area contributed by atoms with E-state index in [2.05, 4.69) is 15.3 Å². The lowest BCUT2D eigenvalue weighted by Crippen LogP contribution is -2.49. The molecule has 0 bridgehead atoms. The number of hydrogen-bond donors (Lipinski definition) is 1. The van der Waals surface area contributed by atoms with Crippen LogP contribution in [0.5, 0.6) is 5.75 Å². The molecule has 3 aromatic rings. The van der Waals surface area contributed by atoms with Crippen molar-refractivity contribution in [3.8, 4) is 5.75 Å². The molecule has 0 aliphatic carbocycles. The highest BCUT2D eigenvalue weighted by atomic mass is 19.1. The first-order chi connectivity index (χ1) is 14.6. The van der Waals surface area contributed by atoms with Crippen LogP contribution in [0.3, 0.4) is 0 Å². The molecule has 1 aromatic heterocycles. The summed E-state index contributed by atoms with van der Waals surface area (Å²) in [7, 11) is 1.60. The Kier molecular flexibility index (Phi) is 5.74. The molecule has 154 valence electrons. The van der Waals surface area contributed by atoms with Gasteiger partial charge in [-0.1, -0.05) is 12.1 Å². The number of carbonyl (C=O) groups excluding carboxylic acids is 1. The van der Waals surface area contributed by atoms with E-state index in [0.29, 0.717) is 49.2 Å². The largest absolute Gasteiger partial charge is 0.497 e. The maximum Gasteiger partial charge on any atom is 0.253 e. The van der Waals surface area contributed by atoms with Gasteiger partial charge in [-0.05, 0) is 42.5 Å². The fourth-order valence-electron chi connectivity index (χ4n) is 3.30. The predicted octanol–water partition coefficient (Wildman–Crippen LogP) is 3.33. The number of hydrogen-bond acceptors (Lipinski definition) is 6. The third-order valence-electron chi connectivity index (χ3n) is 4.97. The van der Waals surface area contributed by atoms with Gasteiger partial charge in [-0.3, -0.25) is 4.79 Å². The van der Waals surface area contributed by atoms with Crippen LogP contribution in [0, 0.1) is 5.82 Å². The Labute approximate surface area is 174 Å². The number of nitrogens with one attached hydrogen (secondary N) is 1. The summed E-state index contributed by atoms with van der Waals surface area (Å²) in [6, 6.07) is 15.2. The van der Waals surface area contributed by atoms with Crippen molar-refractivity contribution in [3.05, 3.63) is 72.2 Å². The maximum atomic E-state index is 13.9. The molecule has 7 nitrogen and oxygen atoms in total. The highest BCUT2D eigenvalue weighted by Gasteiger charge is 2.23. The molecule has 0 atom stereocenters. The molecule has 0 saturated carbocycles. The van der Waals surface area contributed by atoms with Crippen LogP contribution in [0.2, 0.25) is 0 Å². The van der Waals surface area contributed by atoms with E-state index >= 15 is 0 Å². The van der Waals surface area contributed by atoms with Crippen molar-refractivity contribution >= 4 is 23.4 Å². The Hall–Kier alpha value is -3.68. The summed E-state index contributed by atoms with van der Waals surface area (Å²) >= 11 is 0. The minimum Gasteiger partial charge on any atom is -0.497 e. The number of amides is 1. The minimum absolute atomic E-state index is 0.00630. The van der Waals surface area contributed by atoms with Crippen LogP contribution in [0.4, 0.5) is 21.8 Å². The fourth-order valence-corrected chi connectivity index (χ4v) is 3.30. The van der Waals surface area contributed by atoms with Crippen molar-refractivity contribution in [1.29, 1.82) is 0 Å². The summed E-state index contributed by atoms with van der Waals surface area (Å²) < 4.78 is 19.0. The SMILES string of the molecule is COc1ccc(C(=O)N2CCN(c3nccc(Nc4ccccc4F)n3)CC2)cc1. The predicted molar refractivity (Wildman–Crippen MR) is 113 cm³/mol. The fraction of sp³-hybridized carbons (Fsp3) is 0.227. The second-order valence-corrected chi connectivity index (χ2v) is 6.85. The molecule has 0 radical (unpaired) electrons. The number of para-hydroxylation sites is 1. The lowest BCUT2D eigenvalue weighted by atomic mass is 10.1. The van der Waals surface area contributed by atoms with Crippen LogP contribution in [-0.2, 0) is 0 Å². The van der Waals surface area contributed by atoms with E-state index in [-0.39, 0.29) is 11.7 Å². The van der Waals surface area contributed by atoms with E-state index < -0.39 is 0 Å². The molecule has 0 unspecified atom stereocenters. The molecule has 2 aromatic carbocycles. The number of methoxy groups -OCH3 is 1. The quantitative estimate of drug-likeness (QED) is 0.700. The molecule has 1 aliphatic heterocycles. The van der Waals surface area contributed by atoms with E-state index in [4.69, 9.17) is 4.74 Å². The molecule has 4 rings (SSSR count). The van der Waals surface area contributed by atoms with Gasteiger partial charge in [0, 0.05) is 37.9 Å². The zero-order chi connectivity index (χ0) is 20.9. The van der Waals surface area contributed by atoms with Crippen molar-refractivity contribution in [2.75, 3.05) is 43.5 Å². The number of aromatic nitrogens is 2. The molecule has 1 saturated heterocycles. The van der Waals surface area contributed by atoms with Crippen LogP contribution in [0.1, 0.15) is 10.4 Å². The average molecular weight is 407 g/mol. The summed E-state index contributed by atoms with van der Waals surface area (Å²) in [5, 5.41) is 2.98. The summed E-state index contributed by atoms with van der Waals surface area (Å²) in [5.74, 6) is 1.43. The number of nitrogens with zero attached hydrogens (tertiary/aromatic N) is 4. The van der Waals surface area contributed by atoms with Crippen molar-refractivity contribution in [1.82, 2.24) is 14.9 Å². The van der Waals surface area contributed by atoms with E-state index in [0.717, 1.165) is 5.75 Å².